The zero-order valence-electron chi connectivity index (χ0n) is 9.98. The van der Waals surface area contributed by atoms with E-state index in [4.69, 9.17) is 0 Å². The molecule has 0 saturated heterocycles. The molecule has 0 radical (unpaired) electrons. The molecule has 6 heteroatoms. The lowest BCUT2D eigenvalue weighted by Gasteiger charge is -2.15. The Morgan fingerprint density at radius 2 is 2.12 bits per heavy atom. The van der Waals surface area contributed by atoms with Gasteiger partial charge in [0.05, 0.1) is 9.77 Å². The van der Waals surface area contributed by atoms with Crippen LogP contribution in [0.25, 0.3) is 5.82 Å². The molecule has 0 aliphatic carbocycles. The van der Waals surface area contributed by atoms with Gasteiger partial charge in [0.1, 0.15) is 12.1 Å². The van der Waals surface area contributed by atoms with E-state index in [2.05, 4.69) is 56.8 Å². The molecule has 0 aliphatic heterocycles. The summed E-state index contributed by atoms with van der Waals surface area (Å²) in [5.74, 6) is 2.02. The topological polar surface area (TPSA) is 55.6 Å². The Morgan fingerprint density at radius 3 is 2.65 bits per heavy atom. The quantitative estimate of drug-likeness (QED) is 0.870. The van der Waals surface area contributed by atoms with Gasteiger partial charge in [-0.05, 0) is 28.5 Å². The van der Waals surface area contributed by atoms with E-state index in [-0.39, 0.29) is 0 Å². The molecule has 2 aromatic rings. The molecule has 2 rings (SSSR count). The molecular formula is C11H14IN5. The number of hydrogen-bond donors (Lipinski definition) is 1. The number of hydrogen-bond acceptors (Lipinski definition) is 4. The van der Waals surface area contributed by atoms with Crippen LogP contribution in [0, 0.1) is 3.57 Å². The van der Waals surface area contributed by atoms with Crippen molar-refractivity contribution in [2.45, 2.75) is 19.8 Å². The van der Waals surface area contributed by atoms with Crippen LogP contribution >= 0.6 is 22.6 Å². The molecule has 0 amide bonds. The lowest BCUT2D eigenvalue weighted by atomic mass is 10.0. The Hall–Kier alpha value is -1.18. The zero-order chi connectivity index (χ0) is 12.4. The summed E-state index contributed by atoms with van der Waals surface area (Å²) < 4.78 is 2.88. The van der Waals surface area contributed by atoms with E-state index < -0.39 is 0 Å². The van der Waals surface area contributed by atoms with Gasteiger partial charge >= 0.3 is 0 Å². The molecule has 1 N–H and O–H groups in total. The van der Waals surface area contributed by atoms with Crippen molar-refractivity contribution in [1.82, 2.24) is 19.7 Å². The highest BCUT2D eigenvalue weighted by Gasteiger charge is 2.16. The van der Waals surface area contributed by atoms with Gasteiger partial charge in [-0.25, -0.2) is 14.6 Å². The van der Waals surface area contributed by atoms with Crippen LogP contribution in [0.2, 0.25) is 0 Å². The number of nitrogens with one attached hydrogen (secondary N) is 1. The van der Waals surface area contributed by atoms with E-state index in [1.54, 1.807) is 11.0 Å². The Kier molecular flexibility index (Phi) is 3.60. The van der Waals surface area contributed by atoms with Gasteiger partial charge in [-0.1, -0.05) is 13.8 Å². The van der Waals surface area contributed by atoms with Gasteiger partial charge in [0.2, 0.25) is 0 Å². The van der Waals surface area contributed by atoms with Crippen LogP contribution in [-0.4, -0.2) is 26.8 Å². The summed E-state index contributed by atoms with van der Waals surface area (Å²) in [6.07, 6.45) is 5.32. The Labute approximate surface area is 114 Å². The third-order valence-corrected chi connectivity index (χ3v) is 3.00. The second-order valence-corrected chi connectivity index (χ2v) is 5.21. The van der Waals surface area contributed by atoms with Crippen LogP contribution in [0.4, 0.5) is 5.82 Å². The van der Waals surface area contributed by atoms with Crippen LogP contribution in [0.3, 0.4) is 0 Å². The summed E-state index contributed by atoms with van der Waals surface area (Å²) >= 11 is 2.23. The van der Waals surface area contributed by atoms with Crippen molar-refractivity contribution in [3.63, 3.8) is 0 Å². The molecule has 0 unspecified atom stereocenters. The first kappa shape index (κ1) is 12.3. The minimum atomic E-state index is 0.329. The summed E-state index contributed by atoms with van der Waals surface area (Å²) in [4.78, 5) is 8.58. The standard InChI is InChI=1S/C11H14IN5/c1-7(2)9-10(13-3)14-6-15-11(9)17-5-8(12)4-16-17/h4-7H,1-3H3,(H,13,14,15). The molecule has 0 fully saturated rings. The van der Waals surface area contributed by atoms with Gasteiger partial charge in [0.15, 0.2) is 5.82 Å². The average Bonchev–Trinajstić information content (AvgIpc) is 2.74. The predicted molar refractivity (Wildman–Crippen MR) is 75.5 cm³/mol. The van der Waals surface area contributed by atoms with E-state index >= 15 is 0 Å². The maximum Gasteiger partial charge on any atom is 0.162 e. The van der Waals surface area contributed by atoms with Gasteiger partial charge < -0.3 is 5.32 Å². The Balaban J connectivity index is 2.60. The maximum absolute atomic E-state index is 4.34. The number of rotatable bonds is 3. The van der Waals surface area contributed by atoms with Crippen LogP contribution in [0.15, 0.2) is 18.7 Å². The van der Waals surface area contributed by atoms with Crippen molar-refractivity contribution in [3.05, 3.63) is 27.9 Å². The molecule has 2 aromatic heterocycles. The Bertz CT molecular complexity index is 520. The summed E-state index contributed by atoms with van der Waals surface area (Å²) in [5.41, 5.74) is 1.08. The molecule has 0 atom stereocenters. The predicted octanol–water partition coefficient (Wildman–Crippen LogP) is 2.43. The fourth-order valence-electron chi connectivity index (χ4n) is 1.72. The molecule has 0 saturated carbocycles. The van der Waals surface area contributed by atoms with Crippen molar-refractivity contribution >= 4 is 28.4 Å². The molecular weight excluding hydrogens is 329 g/mol. The second-order valence-electron chi connectivity index (χ2n) is 3.97. The SMILES string of the molecule is CNc1ncnc(-n2cc(I)cn2)c1C(C)C. The molecule has 90 valence electrons. The number of halogens is 1. The number of nitrogens with zero attached hydrogens (tertiary/aromatic N) is 4. The first-order chi connectivity index (χ1) is 8.13. The first-order valence-electron chi connectivity index (χ1n) is 5.36. The highest BCUT2D eigenvalue weighted by molar-refractivity contribution is 14.1. The Morgan fingerprint density at radius 1 is 1.35 bits per heavy atom. The monoisotopic (exact) mass is 343 g/mol. The van der Waals surface area contributed by atoms with E-state index in [1.807, 2.05) is 19.4 Å². The molecule has 17 heavy (non-hydrogen) atoms. The third kappa shape index (κ3) is 2.41. The fraction of sp³-hybridized carbons (Fsp3) is 0.364. The molecule has 0 bridgehead atoms. The van der Waals surface area contributed by atoms with Gasteiger partial charge in [-0.3, -0.25) is 0 Å². The summed E-state index contributed by atoms with van der Waals surface area (Å²) in [7, 11) is 1.87. The maximum atomic E-state index is 4.34. The second kappa shape index (κ2) is 4.99. The minimum Gasteiger partial charge on any atom is -0.373 e. The normalized spacial score (nSPS) is 10.9. The number of anilines is 1. The van der Waals surface area contributed by atoms with Crippen molar-refractivity contribution < 1.29 is 0 Å². The van der Waals surface area contributed by atoms with Crippen LogP contribution in [0.5, 0.6) is 0 Å². The number of aromatic nitrogens is 4. The summed E-state index contributed by atoms with van der Waals surface area (Å²) in [6, 6.07) is 0. The van der Waals surface area contributed by atoms with Gasteiger partial charge in [-0.2, -0.15) is 5.10 Å². The lowest BCUT2D eigenvalue weighted by Crippen LogP contribution is -2.09. The molecule has 0 spiro atoms. The first-order valence-corrected chi connectivity index (χ1v) is 6.44. The zero-order valence-corrected chi connectivity index (χ0v) is 12.1. The summed E-state index contributed by atoms with van der Waals surface area (Å²) in [5, 5.41) is 7.40. The van der Waals surface area contributed by atoms with Crippen molar-refractivity contribution in [1.29, 1.82) is 0 Å². The molecule has 5 nitrogen and oxygen atoms in total. The minimum absolute atomic E-state index is 0.329. The highest BCUT2D eigenvalue weighted by Crippen LogP contribution is 2.26. The largest absolute Gasteiger partial charge is 0.373 e. The smallest absolute Gasteiger partial charge is 0.162 e. The molecule has 0 aromatic carbocycles. The van der Waals surface area contributed by atoms with Crippen molar-refractivity contribution in [2.75, 3.05) is 12.4 Å². The fourth-order valence-corrected chi connectivity index (χ4v) is 2.10. The van der Waals surface area contributed by atoms with E-state index in [0.29, 0.717) is 5.92 Å². The lowest BCUT2D eigenvalue weighted by molar-refractivity contribution is 0.774. The van der Waals surface area contributed by atoms with Gasteiger partial charge in [0.25, 0.3) is 0 Å². The van der Waals surface area contributed by atoms with Crippen molar-refractivity contribution in [3.8, 4) is 5.82 Å². The molecule has 0 aliphatic rings. The highest BCUT2D eigenvalue weighted by atomic mass is 127. The van der Waals surface area contributed by atoms with E-state index in [0.717, 1.165) is 20.8 Å². The van der Waals surface area contributed by atoms with E-state index in [9.17, 15) is 0 Å². The van der Waals surface area contributed by atoms with Crippen LogP contribution in [0.1, 0.15) is 25.3 Å². The van der Waals surface area contributed by atoms with Crippen LogP contribution < -0.4 is 5.32 Å². The van der Waals surface area contributed by atoms with Crippen molar-refractivity contribution in [2.24, 2.45) is 0 Å². The van der Waals surface area contributed by atoms with Gasteiger partial charge in [-0.15, -0.1) is 0 Å². The average molecular weight is 343 g/mol. The molecule has 2 heterocycles. The van der Waals surface area contributed by atoms with Crippen LogP contribution in [-0.2, 0) is 0 Å². The van der Waals surface area contributed by atoms with E-state index in [1.165, 1.54) is 0 Å². The van der Waals surface area contributed by atoms with Gasteiger partial charge in [0, 0.05) is 18.8 Å². The summed E-state index contributed by atoms with van der Waals surface area (Å²) in [6.45, 7) is 4.25. The third-order valence-electron chi connectivity index (χ3n) is 2.45.